The molecule has 0 aromatic carbocycles. The van der Waals surface area contributed by atoms with Crippen LogP contribution in [0.1, 0.15) is 54.4 Å². The van der Waals surface area contributed by atoms with Crippen molar-refractivity contribution in [3.05, 3.63) is 24.8 Å². The fourth-order valence-electron chi connectivity index (χ4n) is 4.44. The molecule has 3 heteroatoms. The Labute approximate surface area is 156 Å². The molecule has 0 amide bonds. The summed E-state index contributed by atoms with van der Waals surface area (Å²) < 4.78 is 6.62. The SMILES string of the molecule is C=C[C@]1(O)C[C@H]2C=C[C@]1(C)C[C@H]2[C@@H](CO[Si](C)(C)C(C)(C)C)C(C)C. The molecule has 2 nitrogen and oxygen atoms in total. The van der Waals surface area contributed by atoms with E-state index in [1.54, 1.807) is 6.08 Å². The summed E-state index contributed by atoms with van der Waals surface area (Å²) in [5.74, 6) is 2.14. The molecule has 0 spiro atoms. The van der Waals surface area contributed by atoms with Crippen LogP contribution in [-0.4, -0.2) is 25.6 Å². The summed E-state index contributed by atoms with van der Waals surface area (Å²) >= 11 is 0. The Bertz CT molecular complexity index is 531. The predicted octanol–water partition coefficient (Wildman–Crippen LogP) is 5.80. The van der Waals surface area contributed by atoms with E-state index in [9.17, 15) is 5.11 Å². The monoisotopic (exact) mass is 364 g/mol. The van der Waals surface area contributed by atoms with E-state index in [-0.39, 0.29) is 10.5 Å². The second-order valence-electron chi connectivity index (χ2n) is 10.6. The highest BCUT2D eigenvalue weighted by molar-refractivity contribution is 6.74. The smallest absolute Gasteiger partial charge is 0.191 e. The summed E-state index contributed by atoms with van der Waals surface area (Å²) in [6.45, 7) is 23.2. The van der Waals surface area contributed by atoms with Gasteiger partial charge in [-0.1, -0.05) is 59.8 Å². The van der Waals surface area contributed by atoms with Crippen molar-refractivity contribution in [2.75, 3.05) is 6.61 Å². The molecule has 0 unspecified atom stereocenters. The van der Waals surface area contributed by atoms with Crippen LogP contribution in [-0.2, 0) is 4.43 Å². The van der Waals surface area contributed by atoms with Crippen molar-refractivity contribution in [2.45, 2.75) is 78.1 Å². The Morgan fingerprint density at radius 3 is 2.36 bits per heavy atom. The Morgan fingerprint density at radius 1 is 1.32 bits per heavy atom. The second kappa shape index (κ2) is 6.65. The first kappa shape index (κ1) is 20.9. The van der Waals surface area contributed by atoms with E-state index >= 15 is 0 Å². The van der Waals surface area contributed by atoms with Crippen LogP contribution >= 0.6 is 0 Å². The third-order valence-electron chi connectivity index (χ3n) is 7.64. The van der Waals surface area contributed by atoms with Crippen LogP contribution in [0.5, 0.6) is 0 Å². The molecule has 1 saturated carbocycles. The average Bonchev–Trinajstić information content (AvgIpc) is 2.47. The summed E-state index contributed by atoms with van der Waals surface area (Å²) in [5, 5.41) is 11.3. The van der Waals surface area contributed by atoms with Gasteiger partial charge in [-0.15, -0.1) is 6.58 Å². The van der Waals surface area contributed by atoms with Crippen molar-refractivity contribution in [1.29, 1.82) is 0 Å². The van der Waals surface area contributed by atoms with E-state index in [0.29, 0.717) is 23.7 Å². The first-order valence-corrected chi connectivity index (χ1v) is 12.9. The molecule has 1 N–H and O–H groups in total. The molecule has 144 valence electrons. The highest BCUT2D eigenvalue weighted by Crippen LogP contribution is 2.57. The number of fused-ring (bicyclic) bond motifs is 2. The first-order chi connectivity index (χ1) is 11.3. The number of rotatable bonds is 6. The molecule has 3 aliphatic rings. The third-order valence-corrected chi connectivity index (χ3v) is 12.1. The topological polar surface area (TPSA) is 29.5 Å². The standard InChI is InChI=1S/C22H40O2Si/c1-10-22(23)13-17-11-12-21(22,7)14-18(17)19(16(2)3)15-24-25(8,9)20(4,5)6/h10-12,16-19,23H,1,13-15H2,2-9H3/t17-,18-,19+,21-,22+/m1/s1. The summed E-state index contributed by atoms with van der Waals surface area (Å²) in [4.78, 5) is 0. The molecule has 3 aliphatic carbocycles. The number of aliphatic hydroxyl groups is 1. The molecule has 0 aromatic rings. The molecule has 1 fully saturated rings. The minimum atomic E-state index is -1.74. The van der Waals surface area contributed by atoms with Crippen LogP contribution in [0.3, 0.4) is 0 Å². The van der Waals surface area contributed by atoms with Crippen molar-refractivity contribution in [3.8, 4) is 0 Å². The fraction of sp³-hybridized carbons (Fsp3) is 0.818. The van der Waals surface area contributed by atoms with Gasteiger partial charge >= 0.3 is 0 Å². The van der Waals surface area contributed by atoms with E-state index < -0.39 is 13.9 Å². The van der Waals surface area contributed by atoms with Gasteiger partial charge in [-0.05, 0) is 54.6 Å². The Hall–Kier alpha value is -0.383. The molecular formula is C22H40O2Si. The zero-order valence-electron chi connectivity index (χ0n) is 17.7. The largest absolute Gasteiger partial charge is 0.417 e. The van der Waals surface area contributed by atoms with Crippen LogP contribution in [0.2, 0.25) is 18.1 Å². The van der Waals surface area contributed by atoms with Gasteiger partial charge in [0.05, 0.1) is 5.60 Å². The molecular weight excluding hydrogens is 324 g/mol. The molecule has 2 bridgehead atoms. The Balaban J connectivity index is 2.18. The van der Waals surface area contributed by atoms with Crippen molar-refractivity contribution >= 4 is 8.32 Å². The molecule has 25 heavy (non-hydrogen) atoms. The van der Waals surface area contributed by atoms with Crippen LogP contribution in [0.4, 0.5) is 0 Å². The minimum Gasteiger partial charge on any atom is -0.417 e. The van der Waals surface area contributed by atoms with E-state index in [1.165, 1.54) is 0 Å². The molecule has 0 aliphatic heterocycles. The van der Waals surface area contributed by atoms with Crippen molar-refractivity contribution in [2.24, 2.45) is 29.1 Å². The molecule has 0 aromatic heterocycles. The maximum atomic E-state index is 11.0. The predicted molar refractivity (Wildman–Crippen MR) is 110 cm³/mol. The van der Waals surface area contributed by atoms with Gasteiger partial charge in [0.2, 0.25) is 0 Å². The molecule has 0 saturated heterocycles. The van der Waals surface area contributed by atoms with Crippen molar-refractivity contribution < 1.29 is 9.53 Å². The maximum absolute atomic E-state index is 11.0. The van der Waals surface area contributed by atoms with Gasteiger partial charge in [0.25, 0.3) is 0 Å². The highest BCUT2D eigenvalue weighted by Gasteiger charge is 2.55. The van der Waals surface area contributed by atoms with Gasteiger partial charge < -0.3 is 9.53 Å². The van der Waals surface area contributed by atoms with Gasteiger partial charge in [0, 0.05) is 12.0 Å². The summed E-state index contributed by atoms with van der Waals surface area (Å²) in [5.41, 5.74) is -0.955. The quantitative estimate of drug-likeness (QED) is 0.477. The number of hydrogen-bond acceptors (Lipinski definition) is 2. The lowest BCUT2D eigenvalue weighted by molar-refractivity contribution is -0.0990. The molecule has 0 heterocycles. The zero-order valence-corrected chi connectivity index (χ0v) is 18.7. The average molecular weight is 365 g/mol. The normalized spacial score (nSPS) is 36.7. The van der Waals surface area contributed by atoms with Crippen molar-refractivity contribution in [3.63, 3.8) is 0 Å². The first-order valence-electron chi connectivity index (χ1n) is 9.96. The lowest BCUT2D eigenvalue weighted by Gasteiger charge is -2.56. The van der Waals surface area contributed by atoms with Gasteiger partial charge in [-0.3, -0.25) is 0 Å². The molecule has 0 radical (unpaired) electrons. The van der Waals surface area contributed by atoms with Crippen LogP contribution in [0, 0.1) is 29.1 Å². The Morgan fingerprint density at radius 2 is 1.92 bits per heavy atom. The second-order valence-corrected chi connectivity index (χ2v) is 15.4. The summed E-state index contributed by atoms with van der Waals surface area (Å²) in [6.07, 6.45) is 8.20. The van der Waals surface area contributed by atoms with E-state index in [0.717, 1.165) is 19.4 Å². The zero-order chi connectivity index (χ0) is 19.3. The van der Waals surface area contributed by atoms with Gasteiger partial charge in [-0.25, -0.2) is 0 Å². The van der Waals surface area contributed by atoms with E-state index in [4.69, 9.17) is 4.43 Å². The highest BCUT2D eigenvalue weighted by atomic mass is 28.4. The lowest BCUT2D eigenvalue weighted by Crippen LogP contribution is -2.56. The molecule has 3 rings (SSSR count). The van der Waals surface area contributed by atoms with Crippen LogP contribution in [0.25, 0.3) is 0 Å². The van der Waals surface area contributed by atoms with Gasteiger partial charge in [-0.2, -0.15) is 0 Å². The van der Waals surface area contributed by atoms with E-state index in [1.807, 2.05) is 0 Å². The van der Waals surface area contributed by atoms with E-state index in [2.05, 4.69) is 73.4 Å². The Kier molecular flexibility index (Phi) is 5.57. The lowest BCUT2D eigenvalue weighted by atomic mass is 9.51. The van der Waals surface area contributed by atoms with Crippen molar-refractivity contribution in [1.82, 2.24) is 0 Å². The maximum Gasteiger partial charge on any atom is 0.191 e. The number of allylic oxidation sites excluding steroid dienone is 1. The summed E-state index contributed by atoms with van der Waals surface area (Å²) in [7, 11) is -1.74. The number of hydrogen-bond donors (Lipinski definition) is 1. The van der Waals surface area contributed by atoms with Crippen LogP contribution in [0.15, 0.2) is 24.8 Å². The minimum absolute atomic E-state index is 0.196. The fourth-order valence-corrected chi connectivity index (χ4v) is 5.48. The third kappa shape index (κ3) is 3.70. The van der Waals surface area contributed by atoms with Gasteiger partial charge in [0.15, 0.2) is 8.32 Å². The van der Waals surface area contributed by atoms with Gasteiger partial charge in [0.1, 0.15) is 0 Å². The van der Waals surface area contributed by atoms with Crippen LogP contribution < -0.4 is 0 Å². The molecule has 5 atom stereocenters. The summed E-state index contributed by atoms with van der Waals surface area (Å²) in [6, 6.07) is 0.